The zero-order valence-electron chi connectivity index (χ0n) is 21.3. The third-order valence-corrected chi connectivity index (χ3v) is 7.64. The third kappa shape index (κ3) is 3.65. The van der Waals surface area contributed by atoms with Gasteiger partial charge in [-0.1, -0.05) is 32.0 Å². The van der Waals surface area contributed by atoms with Crippen molar-refractivity contribution in [1.29, 1.82) is 0 Å². The first-order chi connectivity index (χ1) is 16.7. The second kappa shape index (κ2) is 7.79. The van der Waals surface area contributed by atoms with Crippen molar-refractivity contribution in [3.8, 4) is 11.1 Å². The van der Waals surface area contributed by atoms with Crippen LogP contribution in [0.1, 0.15) is 61.7 Å². The number of fused-ring (bicyclic) bond motifs is 1. The summed E-state index contributed by atoms with van der Waals surface area (Å²) in [5.41, 5.74) is 3.86. The van der Waals surface area contributed by atoms with Crippen LogP contribution in [0.4, 0.5) is 19.0 Å². The molecular formula is C28H29F3N4O. The summed E-state index contributed by atoms with van der Waals surface area (Å²) in [5, 5.41) is 7.75. The van der Waals surface area contributed by atoms with Crippen molar-refractivity contribution < 1.29 is 18.0 Å². The van der Waals surface area contributed by atoms with Crippen molar-refractivity contribution in [1.82, 2.24) is 14.8 Å². The topological polar surface area (TPSA) is 59.8 Å². The number of nitrogens with zero attached hydrogens (tertiary/aromatic N) is 3. The highest BCUT2D eigenvalue weighted by Gasteiger charge is 2.49. The number of anilines is 1. The molecule has 0 unspecified atom stereocenters. The van der Waals surface area contributed by atoms with Gasteiger partial charge < -0.3 is 5.32 Å². The predicted octanol–water partition coefficient (Wildman–Crippen LogP) is 6.49. The first-order valence-corrected chi connectivity index (χ1v) is 11.9. The van der Waals surface area contributed by atoms with Gasteiger partial charge in [-0.25, -0.2) is 4.98 Å². The van der Waals surface area contributed by atoms with Gasteiger partial charge in [0.2, 0.25) is 0 Å². The summed E-state index contributed by atoms with van der Waals surface area (Å²) in [6, 6.07) is 8.86. The summed E-state index contributed by atoms with van der Waals surface area (Å²) in [4.78, 5) is 17.8. The Labute approximate surface area is 208 Å². The van der Waals surface area contributed by atoms with Crippen molar-refractivity contribution in [2.45, 2.75) is 59.1 Å². The number of aromatic nitrogens is 3. The number of nitrogens with one attached hydrogen (secondary N) is 1. The first kappa shape index (κ1) is 24.3. The molecule has 3 heterocycles. The van der Waals surface area contributed by atoms with E-state index in [2.05, 4.69) is 15.4 Å². The Kier molecular flexibility index (Phi) is 5.25. The number of carbonyl (C=O) groups excluding carboxylic acids is 1. The second-order valence-corrected chi connectivity index (χ2v) is 10.9. The minimum Gasteiger partial charge on any atom is -0.343 e. The van der Waals surface area contributed by atoms with E-state index in [4.69, 9.17) is 0 Å². The van der Waals surface area contributed by atoms with Crippen LogP contribution < -0.4 is 5.32 Å². The summed E-state index contributed by atoms with van der Waals surface area (Å²) in [6.07, 6.45) is -2.77. The maximum Gasteiger partial charge on any atom is 0.417 e. The Bertz CT molecular complexity index is 1450. The largest absolute Gasteiger partial charge is 0.417 e. The molecule has 1 N–H and O–H groups in total. The number of pyridine rings is 1. The molecule has 5 nitrogen and oxygen atoms in total. The highest BCUT2D eigenvalue weighted by Crippen LogP contribution is 2.53. The molecule has 0 spiro atoms. The van der Waals surface area contributed by atoms with Gasteiger partial charge in [0.15, 0.2) is 5.78 Å². The first-order valence-electron chi connectivity index (χ1n) is 11.9. The minimum absolute atomic E-state index is 0.0570. The Morgan fingerprint density at radius 3 is 2.44 bits per heavy atom. The van der Waals surface area contributed by atoms with Crippen LogP contribution in [0.3, 0.4) is 0 Å². The Morgan fingerprint density at radius 1 is 1.08 bits per heavy atom. The number of hydrogen-bond acceptors (Lipinski definition) is 4. The van der Waals surface area contributed by atoms with E-state index in [1.54, 1.807) is 0 Å². The maximum atomic E-state index is 13.8. The van der Waals surface area contributed by atoms with Gasteiger partial charge in [-0.15, -0.1) is 0 Å². The van der Waals surface area contributed by atoms with Crippen LogP contribution >= 0.6 is 0 Å². The zero-order chi connectivity index (χ0) is 26.2. The standard InChI is InChI=1S/C28H29F3N4O/c1-15-23(16(2)35(6)34-15)17-8-7-9-18(10-17)27(5)20-11-19(28(29,30)31)14-32-25(20)33-21-12-26(3,4)13-22(36)24(21)27/h7-11,14H,12-13H2,1-6H3,(H,32,33)/t27-/m0/s1. The van der Waals surface area contributed by atoms with Crippen molar-refractivity contribution >= 4 is 11.6 Å². The van der Waals surface area contributed by atoms with Crippen molar-refractivity contribution in [3.63, 3.8) is 0 Å². The van der Waals surface area contributed by atoms with Gasteiger partial charge in [0.1, 0.15) is 5.82 Å². The molecule has 2 aromatic heterocycles. The van der Waals surface area contributed by atoms with Gasteiger partial charge in [-0.05, 0) is 55.9 Å². The molecule has 1 aliphatic carbocycles. The maximum absolute atomic E-state index is 13.8. The van der Waals surface area contributed by atoms with Crippen molar-refractivity contribution in [2.75, 3.05) is 5.32 Å². The molecular weight excluding hydrogens is 465 g/mol. The molecule has 36 heavy (non-hydrogen) atoms. The molecule has 0 fully saturated rings. The number of rotatable bonds is 2. The molecule has 1 aromatic carbocycles. The number of benzene rings is 1. The van der Waals surface area contributed by atoms with E-state index in [1.807, 2.05) is 70.6 Å². The molecule has 1 aliphatic heterocycles. The van der Waals surface area contributed by atoms with Crippen molar-refractivity contribution in [3.05, 3.63) is 75.9 Å². The number of Topliss-reactive ketones (excluding diaryl/α,β-unsaturated/α-hetero) is 1. The molecule has 0 amide bonds. The molecule has 1 atom stereocenters. The highest BCUT2D eigenvalue weighted by molar-refractivity contribution is 6.03. The summed E-state index contributed by atoms with van der Waals surface area (Å²) in [7, 11) is 1.88. The number of hydrogen-bond donors (Lipinski definition) is 1. The number of aryl methyl sites for hydroxylation is 2. The van der Waals surface area contributed by atoms with Crippen LogP contribution in [0.5, 0.6) is 0 Å². The van der Waals surface area contributed by atoms with E-state index in [-0.39, 0.29) is 11.2 Å². The van der Waals surface area contributed by atoms with Gasteiger partial charge >= 0.3 is 6.18 Å². The quantitative estimate of drug-likeness (QED) is 0.442. The summed E-state index contributed by atoms with van der Waals surface area (Å²) < 4.78 is 43.1. The SMILES string of the molecule is Cc1nn(C)c(C)c1-c1cccc([C@]2(C)C3=C(CC(C)(C)CC3=O)Nc3ncc(C(F)(F)F)cc32)c1. The van der Waals surface area contributed by atoms with Gasteiger partial charge in [0.05, 0.1) is 16.7 Å². The fourth-order valence-corrected chi connectivity index (χ4v) is 5.86. The fraction of sp³-hybridized carbons (Fsp3) is 0.393. The highest BCUT2D eigenvalue weighted by atomic mass is 19.4. The van der Waals surface area contributed by atoms with Gasteiger partial charge in [0.25, 0.3) is 0 Å². The summed E-state index contributed by atoms with van der Waals surface area (Å²) in [5.74, 6) is 0.298. The van der Waals surface area contributed by atoms with Gasteiger partial charge in [-0.3, -0.25) is 9.48 Å². The lowest BCUT2D eigenvalue weighted by Gasteiger charge is -2.44. The van der Waals surface area contributed by atoms with E-state index < -0.39 is 17.2 Å². The number of alkyl halides is 3. The lowest BCUT2D eigenvalue weighted by Crippen LogP contribution is -2.42. The molecule has 0 bridgehead atoms. The Balaban J connectivity index is 1.79. The molecule has 5 rings (SSSR count). The normalized spacial score (nSPS) is 21.2. The third-order valence-electron chi connectivity index (χ3n) is 7.64. The average Bonchev–Trinajstić information content (AvgIpc) is 3.02. The van der Waals surface area contributed by atoms with E-state index in [9.17, 15) is 18.0 Å². The van der Waals surface area contributed by atoms with Gasteiger partial charge in [0, 0.05) is 47.8 Å². The predicted molar refractivity (Wildman–Crippen MR) is 132 cm³/mol. The lowest BCUT2D eigenvalue weighted by atomic mass is 9.61. The second-order valence-electron chi connectivity index (χ2n) is 10.9. The average molecular weight is 495 g/mol. The molecule has 0 radical (unpaired) electrons. The molecule has 3 aromatic rings. The lowest BCUT2D eigenvalue weighted by molar-refractivity contribution is -0.137. The van der Waals surface area contributed by atoms with Crippen LogP contribution in [0.2, 0.25) is 0 Å². The molecule has 8 heteroatoms. The summed E-state index contributed by atoms with van der Waals surface area (Å²) in [6.45, 7) is 9.82. The van der Waals surface area contributed by atoms with E-state index >= 15 is 0 Å². The number of halogens is 3. The van der Waals surface area contributed by atoms with Crippen LogP contribution in [0, 0.1) is 19.3 Å². The van der Waals surface area contributed by atoms with E-state index in [1.165, 1.54) is 0 Å². The number of ketones is 1. The Morgan fingerprint density at radius 2 is 1.81 bits per heavy atom. The van der Waals surface area contributed by atoms with Gasteiger partial charge in [-0.2, -0.15) is 18.3 Å². The van der Waals surface area contributed by atoms with Crippen LogP contribution in [-0.2, 0) is 23.4 Å². The fourth-order valence-electron chi connectivity index (χ4n) is 5.86. The Hall–Kier alpha value is -3.42. The monoisotopic (exact) mass is 494 g/mol. The van der Waals surface area contributed by atoms with Crippen LogP contribution in [0.25, 0.3) is 11.1 Å². The minimum atomic E-state index is -4.55. The molecule has 2 aliphatic rings. The van der Waals surface area contributed by atoms with Crippen molar-refractivity contribution in [2.24, 2.45) is 12.5 Å². The molecule has 0 saturated heterocycles. The van der Waals surface area contributed by atoms with E-state index in [0.717, 1.165) is 46.0 Å². The van der Waals surface area contributed by atoms with E-state index in [0.29, 0.717) is 29.8 Å². The zero-order valence-corrected chi connectivity index (χ0v) is 21.3. The smallest absolute Gasteiger partial charge is 0.343 e. The van der Waals surface area contributed by atoms with Crippen LogP contribution in [0.15, 0.2) is 47.8 Å². The number of carbonyl (C=O) groups is 1. The summed E-state index contributed by atoms with van der Waals surface area (Å²) >= 11 is 0. The molecule has 188 valence electrons. The van der Waals surface area contributed by atoms with Crippen LogP contribution in [-0.4, -0.2) is 20.5 Å². The molecule has 0 saturated carbocycles. The number of allylic oxidation sites excluding steroid dienone is 2.